The molecule has 3 rings (SSSR count). The lowest BCUT2D eigenvalue weighted by Gasteiger charge is -2.34. The predicted molar refractivity (Wildman–Crippen MR) is 113 cm³/mol. The van der Waals surface area contributed by atoms with Gasteiger partial charge >= 0.3 is 6.03 Å². The maximum atomic E-state index is 12.6. The molecule has 158 valence electrons. The quantitative estimate of drug-likeness (QED) is 0.787. The zero-order chi connectivity index (χ0) is 20.8. The maximum Gasteiger partial charge on any atom is 0.319 e. The molecule has 2 N–H and O–H groups in total. The summed E-state index contributed by atoms with van der Waals surface area (Å²) in [5.74, 6) is -0.0503. The number of nitrogens with one attached hydrogen (secondary N) is 2. The molecule has 2 fully saturated rings. The third kappa shape index (κ3) is 5.19. The molecule has 0 spiro atoms. The van der Waals surface area contributed by atoms with Crippen molar-refractivity contribution in [3.63, 3.8) is 0 Å². The second kappa shape index (κ2) is 9.62. The van der Waals surface area contributed by atoms with Gasteiger partial charge in [0.1, 0.15) is 0 Å². The number of hydrogen-bond donors (Lipinski definition) is 2. The summed E-state index contributed by atoms with van der Waals surface area (Å²) in [5, 5.41) is 5.80. The zero-order valence-corrected chi connectivity index (χ0v) is 17.3. The summed E-state index contributed by atoms with van der Waals surface area (Å²) in [5.41, 5.74) is 1.72. The first-order chi connectivity index (χ1) is 14.0. The van der Waals surface area contributed by atoms with Crippen molar-refractivity contribution < 1.29 is 14.4 Å². The highest BCUT2D eigenvalue weighted by Gasteiger charge is 2.29. The van der Waals surface area contributed by atoms with Crippen LogP contribution in [0.2, 0.25) is 0 Å². The van der Waals surface area contributed by atoms with Crippen LogP contribution in [-0.4, -0.2) is 73.5 Å². The first-order valence-electron chi connectivity index (χ1n) is 10.5. The molecule has 29 heavy (non-hydrogen) atoms. The molecule has 1 aromatic carbocycles. The number of rotatable bonds is 5. The summed E-state index contributed by atoms with van der Waals surface area (Å²) in [7, 11) is 0. The number of anilines is 2. The van der Waals surface area contributed by atoms with Crippen molar-refractivity contribution in [3.8, 4) is 0 Å². The highest BCUT2D eigenvalue weighted by molar-refractivity contribution is 5.93. The van der Waals surface area contributed by atoms with E-state index in [0.717, 1.165) is 17.9 Å². The number of urea groups is 1. The molecule has 0 aliphatic carbocycles. The number of piperidine rings is 1. The van der Waals surface area contributed by atoms with Gasteiger partial charge in [-0.05, 0) is 51.0 Å². The molecule has 2 aliphatic heterocycles. The molecule has 8 heteroatoms. The lowest BCUT2D eigenvalue weighted by molar-refractivity contribution is -0.121. The first kappa shape index (κ1) is 21.0. The molecule has 1 aromatic rings. The molecular weight excluding hydrogens is 370 g/mol. The van der Waals surface area contributed by atoms with E-state index in [4.69, 9.17) is 0 Å². The standard InChI is InChI=1S/C21H31N5O3/c1-3-24(4-2)21(29)25-12-9-16(10-13-25)20(28)23-17-5-7-18(8-6-17)26-14-11-22-19(27)15-26/h5-8,16H,3-4,9-15H2,1-2H3,(H,22,27)(H,23,28). The molecular formula is C21H31N5O3. The fraction of sp³-hybridized carbons (Fsp3) is 0.571. The van der Waals surface area contributed by atoms with E-state index < -0.39 is 0 Å². The van der Waals surface area contributed by atoms with E-state index in [2.05, 4.69) is 10.6 Å². The smallest absolute Gasteiger partial charge is 0.319 e. The number of amides is 4. The monoisotopic (exact) mass is 401 g/mol. The maximum absolute atomic E-state index is 12.6. The Kier molecular flexibility index (Phi) is 6.95. The van der Waals surface area contributed by atoms with Crippen LogP contribution in [0.25, 0.3) is 0 Å². The summed E-state index contributed by atoms with van der Waals surface area (Å²) in [6.45, 7) is 8.37. The summed E-state index contributed by atoms with van der Waals surface area (Å²) < 4.78 is 0. The van der Waals surface area contributed by atoms with Gasteiger partial charge in [0.25, 0.3) is 0 Å². The molecule has 0 bridgehead atoms. The minimum Gasteiger partial charge on any atom is -0.360 e. The van der Waals surface area contributed by atoms with Crippen molar-refractivity contribution in [2.75, 3.05) is 56.0 Å². The molecule has 0 saturated carbocycles. The first-order valence-corrected chi connectivity index (χ1v) is 10.5. The SMILES string of the molecule is CCN(CC)C(=O)N1CCC(C(=O)Nc2ccc(N3CCNC(=O)C3)cc2)CC1. The number of hydrogen-bond acceptors (Lipinski definition) is 4. The van der Waals surface area contributed by atoms with Crippen LogP contribution in [0.1, 0.15) is 26.7 Å². The Morgan fingerprint density at radius 3 is 2.34 bits per heavy atom. The van der Waals surface area contributed by atoms with Crippen LogP contribution in [0.3, 0.4) is 0 Å². The van der Waals surface area contributed by atoms with Gasteiger partial charge in [-0.15, -0.1) is 0 Å². The summed E-state index contributed by atoms with van der Waals surface area (Å²) in [6.07, 6.45) is 1.36. The molecule has 0 unspecified atom stereocenters. The lowest BCUT2D eigenvalue weighted by atomic mass is 9.96. The highest BCUT2D eigenvalue weighted by atomic mass is 16.2. The van der Waals surface area contributed by atoms with Crippen LogP contribution >= 0.6 is 0 Å². The van der Waals surface area contributed by atoms with Gasteiger partial charge in [-0.3, -0.25) is 9.59 Å². The Balaban J connectivity index is 1.49. The molecule has 2 heterocycles. The normalized spacial score (nSPS) is 17.7. The second-order valence-electron chi connectivity index (χ2n) is 7.52. The van der Waals surface area contributed by atoms with E-state index in [1.54, 1.807) is 0 Å². The zero-order valence-electron chi connectivity index (χ0n) is 17.3. The lowest BCUT2D eigenvalue weighted by Crippen LogP contribution is -2.47. The van der Waals surface area contributed by atoms with Gasteiger partial charge in [-0.2, -0.15) is 0 Å². The van der Waals surface area contributed by atoms with Crippen molar-refractivity contribution in [1.29, 1.82) is 0 Å². The number of benzene rings is 1. The second-order valence-corrected chi connectivity index (χ2v) is 7.52. The van der Waals surface area contributed by atoms with E-state index in [-0.39, 0.29) is 23.8 Å². The molecule has 2 aliphatic rings. The van der Waals surface area contributed by atoms with E-state index >= 15 is 0 Å². The van der Waals surface area contributed by atoms with Gasteiger partial charge in [-0.25, -0.2) is 4.79 Å². The topological polar surface area (TPSA) is 85.0 Å². The van der Waals surface area contributed by atoms with Gasteiger partial charge < -0.3 is 25.3 Å². The highest BCUT2D eigenvalue weighted by Crippen LogP contribution is 2.22. The summed E-state index contributed by atoms with van der Waals surface area (Å²) in [4.78, 5) is 42.3. The van der Waals surface area contributed by atoms with Gasteiger partial charge in [0.2, 0.25) is 11.8 Å². The third-order valence-corrected chi connectivity index (χ3v) is 5.71. The van der Waals surface area contributed by atoms with E-state index in [1.807, 2.05) is 52.8 Å². The fourth-order valence-corrected chi connectivity index (χ4v) is 3.89. The molecule has 2 saturated heterocycles. The third-order valence-electron chi connectivity index (χ3n) is 5.71. The minimum atomic E-state index is -0.0822. The Bertz CT molecular complexity index is 724. The Labute approximate surface area is 172 Å². The molecule has 0 aromatic heterocycles. The molecule has 0 radical (unpaired) electrons. The van der Waals surface area contributed by atoms with Gasteiger partial charge in [0, 0.05) is 56.6 Å². The summed E-state index contributed by atoms with van der Waals surface area (Å²) in [6, 6.07) is 7.67. The number of likely N-dealkylation sites (tertiary alicyclic amines) is 1. The number of nitrogens with zero attached hydrogens (tertiary/aromatic N) is 3. The van der Waals surface area contributed by atoms with Crippen LogP contribution in [0, 0.1) is 5.92 Å². The van der Waals surface area contributed by atoms with Crippen molar-refractivity contribution in [3.05, 3.63) is 24.3 Å². The number of carbonyl (C=O) groups excluding carboxylic acids is 3. The Hall–Kier alpha value is -2.77. The minimum absolute atomic E-state index is 0.00467. The van der Waals surface area contributed by atoms with Crippen LogP contribution in [0.15, 0.2) is 24.3 Å². The van der Waals surface area contributed by atoms with Crippen molar-refractivity contribution in [2.45, 2.75) is 26.7 Å². The predicted octanol–water partition coefficient (Wildman–Crippen LogP) is 1.74. The van der Waals surface area contributed by atoms with Gasteiger partial charge in [0.05, 0.1) is 6.54 Å². The fourth-order valence-electron chi connectivity index (χ4n) is 3.89. The van der Waals surface area contributed by atoms with E-state index in [1.165, 1.54) is 0 Å². The van der Waals surface area contributed by atoms with Crippen molar-refractivity contribution >= 4 is 29.2 Å². The van der Waals surface area contributed by atoms with Crippen LogP contribution in [0.4, 0.5) is 16.2 Å². The Morgan fingerprint density at radius 2 is 1.76 bits per heavy atom. The molecule has 0 atom stereocenters. The number of piperazine rings is 1. The average Bonchev–Trinajstić information content (AvgIpc) is 2.75. The van der Waals surface area contributed by atoms with E-state index in [0.29, 0.717) is 52.1 Å². The van der Waals surface area contributed by atoms with Gasteiger partial charge in [0.15, 0.2) is 0 Å². The van der Waals surface area contributed by atoms with E-state index in [9.17, 15) is 14.4 Å². The van der Waals surface area contributed by atoms with Gasteiger partial charge in [-0.1, -0.05) is 0 Å². The molecule has 8 nitrogen and oxygen atoms in total. The van der Waals surface area contributed by atoms with Crippen molar-refractivity contribution in [2.24, 2.45) is 5.92 Å². The summed E-state index contributed by atoms with van der Waals surface area (Å²) >= 11 is 0. The largest absolute Gasteiger partial charge is 0.360 e. The molecule has 4 amide bonds. The Morgan fingerprint density at radius 1 is 1.10 bits per heavy atom. The average molecular weight is 402 g/mol. The number of carbonyl (C=O) groups is 3. The van der Waals surface area contributed by atoms with Crippen molar-refractivity contribution in [1.82, 2.24) is 15.1 Å². The van der Waals surface area contributed by atoms with Crippen LogP contribution in [-0.2, 0) is 9.59 Å². The van der Waals surface area contributed by atoms with Crippen LogP contribution in [0.5, 0.6) is 0 Å². The van der Waals surface area contributed by atoms with Crippen LogP contribution < -0.4 is 15.5 Å².